The van der Waals surface area contributed by atoms with Gasteiger partial charge in [0.05, 0.1) is 12.1 Å². The molecule has 1 aromatic rings. The SMILES string of the molecule is COC(C)(C)CNCC#Cc1ccccc1. The van der Waals surface area contributed by atoms with Crippen LogP contribution in [0.5, 0.6) is 0 Å². The van der Waals surface area contributed by atoms with Gasteiger partial charge in [0.2, 0.25) is 0 Å². The topological polar surface area (TPSA) is 21.3 Å². The predicted molar refractivity (Wildman–Crippen MR) is 67.3 cm³/mol. The van der Waals surface area contributed by atoms with Gasteiger partial charge in [0.1, 0.15) is 0 Å². The molecule has 0 aliphatic carbocycles. The van der Waals surface area contributed by atoms with E-state index in [0.29, 0.717) is 6.54 Å². The molecule has 0 saturated carbocycles. The van der Waals surface area contributed by atoms with Crippen molar-refractivity contribution in [2.45, 2.75) is 19.4 Å². The zero-order chi connectivity index (χ0) is 11.9. The summed E-state index contributed by atoms with van der Waals surface area (Å²) in [6.07, 6.45) is 0. The molecule has 0 aliphatic rings. The Morgan fingerprint density at radius 1 is 1.25 bits per heavy atom. The van der Waals surface area contributed by atoms with Crippen LogP contribution in [0, 0.1) is 11.8 Å². The van der Waals surface area contributed by atoms with Crippen LogP contribution in [0.25, 0.3) is 0 Å². The number of benzene rings is 1. The van der Waals surface area contributed by atoms with E-state index in [9.17, 15) is 0 Å². The third kappa shape index (κ3) is 4.97. The molecule has 0 atom stereocenters. The molecule has 86 valence electrons. The number of hydrogen-bond donors (Lipinski definition) is 1. The second-order valence-corrected chi connectivity index (χ2v) is 4.24. The summed E-state index contributed by atoms with van der Waals surface area (Å²) < 4.78 is 5.29. The normalized spacial score (nSPS) is 10.7. The van der Waals surface area contributed by atoms with Gasteiger partial charge in [0, 0.05) is 19.2 Å². The van der Waals surface area contributed by atoms with E-state index >= 15 is 0 Å². The summed E-state index contributed by atoms with van der Waals surface area (Å²) in [7, 11) is 1.72. The molecule has 0 saturated heterocycles. The summed E-state index contributed by atoms with van der Waals surface area (Å²) in [6.45, 7) is 5.57. The predicted octanol–water partition coefficient (Wildman–Crippen LogP) is 2.05. The van der Waals surface area contributed by atoms with Gasteiger partial charge in [-0.3, -0.25) is 0 Å². The molecule has 0 aromatic heterocycles. The summed E-state index contributed by atoms with van der Waals surface area (Å²) >= 11 is 0. The molecule has 1 aromatic carbocycles. The summed E-state index contributed by atoms with van der Waals surface area (Å²) in [5.74, 6) is 6.18. The van der Waals surface area contributed by atoms with E-state index in [-0.39, 0.29) is 5.60 Å². The van der Waals surface area contributed by atoms with Crippen molar-refractivity contribution in [3.8, 4) is 11.8 Å². The lowest BCUT2D eigenvalue weighted by molar-refractivity contribution is 0.0242. The molecular weight excluding hydrogens is 198 g/mol. The number of ether oxygens (including phenoxy) is 1. The van der Waals surface area contributed by atoms with E-state index in [1.54, 1.807) is 7.11 Å². The molecule has 0 radical (unpaired) electrons. The smallest absolute Gasteiger partial charge is 0.0746 e. The van der Waals surface area contributed by atoms with Crippen LogP contribution in [0.1, 0.15) is 19.4 Å². The third-order valence-electron chi connectivity index (χ3n) is 2.32. The molecule has 1 N–H and O–H groups in total. The van der Waals surface area contributed by atoms with Crippen molar-refractivity contribution in [3.63, 3.8) is 0 Å². The number of rotatable bonds is 4. The highest BCUT2D eigenvalue weighted by atomic mass is 16.5. The summed E-state index contributed by atoms with van der Waals surface area (Å²) in [5.41, 5.74) is 0.921. The molecule has 0 amide bonds. The molecule has 0 aliphatic heterocycles. The fourth-order valence-electron chi connectivity index (χ4n) is 1.17. The number of hydrogen-bond acceptors (Lipinski definition) is 2. The summed E-state index contributed by atoms with van der Waals surface area (Å²) in [5, 5.41) is 3.25. The maximum Gasteiger partial charge on any atom is 0.0746 e. The minimum Gasteiger partial charge on any atom is -0.377 e. The molecule has 0 unspecified atom stereocenters. The lowest BCUT2D eigenvalue weighted by Gasteiger charge is -2.22. The van der Waals surface area contributed by atoms with Crippen LogP contribution in [0.2, 0.25) is 0 Å². The average molecular weight is 217 g/mol. The van der Waals surface area contributed by atoms with E-state index < -0.39 is 0 Å². The fraction of sp³-hybridized carbons (Fsp3) is 0.429. The van der Waals surface area contributed by atoms with Crippen molar-refractivity contribution in [2.24, 2.45) is 0 Å². The zero-order valence-electron chi connectivity index (χ0n) is 10.2. The standard InChI is InChI=1S/C14H19NO/c1-14(2,16-3)12-15-11-7-10-13-8-5-4-6-9-13/h4-6,8-9,15H,11-12H2,1-3H3. The highest BCUT2D eigenvalue weighted by Gasteiger charge is 2.14. The van der Waals surface area contributed by atoms with Crippen LogP contribution in [0.3, 0.4) is 0 Å². The maximum atomic E-state index is 5.29. The van der Waals surface area contributed by atoms with E-state index in [1.165, 1.54) is 0 Å². The van der Waals surface area contributed by atoms with Crippen molar-refractivity contribution in [3.05, 3.63) is 35.9 Å². The minimum atomic E-state index is -0.131. The van der Waals surface area contributed by atoms with Gasteiger partial charge in [-0.15, -0.1) is 0 Å². The van der Waals surface area contributed by atoms with Gasteiger partial charge in [0.25, 0.3) is 0 Å². The van der Waals surface area contributed by atoms with Crippen molar-refractivity contribution in [1.82, 2.24) is 5.32 Å². The Bertz CT molecular complexity index is 359. The summed E-state index contributed by atoms with van der Waals surface area (Å²) in [6, 6.07) is 9.99. The Kier molecular flexibility index (Phi) is 5.04. The van der Waals surface area contributed by atoms with Gasteiger partial charge < -0.3 is 10.1 Å². The van der Waals surface area contributed by atoms with Crippen molar-refractivity contribution in [1.29, 1.82) is 0 Å². The summed E-state index contributed by atoms with van der Waals surface area (Å²) in [4.78, 5) is 0. The van der Waals surface area contributed by atoms with Crippen molar-refractivity contribution >= 4 is 0 Å². The second-order valence-electron chi connectivity index (χ2n) is 4.24. The van der Waals surface area contributed by atoms with Crippen molar-refractivity contribution in [2.75, 3.05) is 20.2 Å². The van der Waals surface area contributed by atoms with E-state index in [1.807, 2.05) is 44.2 Å². The first-order valence-corrected chi connectivity index (χ1v) is 5.44. The maximum absolute atomic E-state index is 5.29. The monoisotopic (exact) mass is 217 g/mol. The van der Waals surface area contributed by atoms with E-state index in [0.717, 1.165) is 12.1 Å². The van der Waals surface area contributed by atoms with Gasteiger partial charge in [-0.25, -0.2) is 0 Å². The van der Waals surface area contributed by atoms with Gasteiger partial charge in [-0.2, -0.15) is 0 Å². The minimum absolute atomic E-state index is 0.131. The van der Waals surface area contributed by atoms with E-state index in [4.69, 9.17) is 4.74 Å². The third-order valence-corrected chi connectivity index (χ3v) is 2.32. The molecular formula is C14H19NO. The molecule has 0 fully saturated rings. The van der Waals surface area contributed by atoms with Crippen molar-refractivity contribution < 1.29 is 4.74 Å². The number of nitrogens with one attached hydrogen (secondary N) is 1. The van der Waals surface area contributed by atoms with E-state index in [2.05, 4.69) is 17.2 Å². The molecule has 0 spiro atoms. The first-order valence-electron chi connectivity index (χ1n) is 5.44. The van der Waals surface area contributed by atoms with Crippen LogP contribution in [-0.4, -0.2) is 25.8 Å². The van der Waals surface area contributed by atoms with Crippen LogP contribution < -0.4 is 5.32 Å². The zero-order valence-corrected chi connectivity index (χ0v) is 10.2. The van der Waals surface area contributed by atoms with Gasteiger partial charge in [-0.1, -0.05) is 30.0 Å². The average Bonchev–Trinajstić information content (AvgIpc) is 2.30. The lowest BCUT2D eigenvalue weighted by Crippen LogP contribution is -2.36. The molecule has 2 heteroatoms. The van der Waals surface area contributed by atoms with Gasteiger partial charge in [0.15, 0.2) is 0 Å². The Hall–Kier alpha value is -1.30. The highest BCUT2D eigenvalue weighted by molar-refractivity contribution is 5.33. The molecule has 1 rings (SSSR count). The molecule has 16 heavy (non-hydrogen) atoms. The van der Waals surface area contributed by atoms with Crippen LogP contribution in [-0.2, 0) is 4.74 Å². The largest absolute Gasteiger partial charge is 0.377 e. The molecule has 0 heterocycles. The Labute approximate surface area is 98.0 Å². The van der Waals surface area contributed by atoms with Gasteiger partial charge >= 0.3 is 0 Å². The second kappa shape index (κ2) is 6.32. The fourth-order valence-corrected chi connectivity index (χ4v) is 1.17. The lowest BCUT2D eigenvalue weighted by atomic mass is 10.1. The first kappa shape index (κ1) is 12.8. The van der Waals surface area contributed by atoms with Crippen LogP contribution in [0.15, 0.2) is 30.3 Å². The molecule has 0 bridgehead atoms. The Balaban J connectivity index is 2.29. The Morgan fingerprint density at radius 2 is 1.94 bits per heavy atom. The molecule has 2 nitrogen and oxygen atoms in total. The number of methoxy groups -OCH3 is 1. The van der Waals surface area contributed by atoms with Gasteiger partial charge in [-0.05, 0) is 26.0 Å². The highest BCUT2D eigenvalue weighted by Crippen LogP contribution is 2.03. The van der Waals surface area contributed by atoms with Crippen LogP contribution >= 0.6 is 0 Å². The Morgan fingerprint density at radius 3 is 2.56 bits per heavy atom. The first-order chi connectivity index (χ1) is 7.64. The quantitative estimate of drug-likeness (QED) is 0.615. The van der Waals surface area contributed by atoms with Crippen LogP contribution in [0.4, 0.5) is 0 Å².